The molecule has 0 aliphatic carbocycles. The third-order valence-corrected chi connectivity index (χ3v) is 3.09. The van der Waals surface area contributed by atoms with E-state index in [1.165, 1.54) is 0 Å². The number of hydrogen-bond acceptors (Lipinski definition) is 3. The van der Waals surface area contributed by atoms with Gasteiger partial charge in [0.1, 0.15) is 5.65 Å². The molecule has 84 valence electrons. The standard InChI is InChI=1S/C12H15N3O/c16-9-10-5-14(6-10)7-11-8-15-4-2-1-3-12(15)13-11/h1-4,8,10,16H,5-7,9H2. The molecule has 3 rings (SSSR count). The predicted octanol–water partition coefficient (Wildman–Crippen LogP) is 0.758. The molecule has 2 aromatic rings. The minimum Gasteiger partial charge on any atom is -0.396 e. The highest BCUT2D eigenvalue weighted by Gasteiger charge is 2.26. The number of rotatable bonds is 3. The molecule has 0 spiro atoms. The van der Waals surface area contributed by atoms with Gasteiger partial charge in [0, 0.05) is 44.6 Å². The van der Waals surface area contributed by atoms with Gasteiger partial charge in [-0.15, -0.1) is 0 Å². The van der Waals surface area contributed by atoms with E-state index in [9.17, 15) is 0 Å². The Kier molecular flexibility index (Phi) is 2.38. The number of imidazole rings is 1. The van der Waals surface area contributed by atoms with Crippen molar-refractivity contribution in [3.8, 4) is 0 Å². The fourth-order valence-corrected chi connectivity index (χ4v) is 2.21. The number of nitrogens with zero attached hydrogens (tertiary/aromatic N) is 3. The van der Waals surface area contributed by atoms with Crippen molar-refractivity contribution in [3.05, 3.63) is 36.3 Å². The van der Waals surface area contributed by atoms with Crippen molar-refractivity contribution in [1.82, 2.24) is 14.3 Å². The SMILES string of the molecule is OCC1CN(Cc2cn3ccccc3n2)C1. The van der Waals surface area contributed by atoms with Gasteiger partial charge >= 0.3 is 0 Å². The van der Waals surface area contributed by atoms with Crippen LogP contribution in [0.3, 0.4) is 0 Å². The van der Waals surface area contributed by atoms with Gasteiger partial charge in [-0.1, -0.05) is 6.07 Å². The summed E-state index contributed by atoms with van der Waals surface area (Å²) in [5, 5.41) is 8.94. The van der Waals surface area contributed by atoms with Crippen LogP contribution in [0.4, 0.5) is 0 Å². The van der Waals surface area contributed by atoms with Crippen molar-refractivity contribution in [2.24, 2.45) is 5.92 Å². The lowest BCUT2D eigenvalue weighted by Gasteiger charge is -2.37. The van der Waals surface area contributed by atoms with Gasteiger partial charge in [-0.25, -0.2) is 4.98 Å². The van der Waals surface area contributed by atoms with Gasteiger partial charge in [0.15, 0.2) is 0 Å². The number of aliphatic hydroxyl groups is 1. The Hall–Kier alpha value is -1.39. The predicted molar refractivity (Wildman–Crippen MR) is 61.0 cm³/mol. The average Bonchev–Trinajstić information content (AvgIpc) is 2.65. The molecule has 2 aromatic heterocycles. The smallest absolute Gasteiger partial charge is 0.137 e. The highest BCUT2D eigenvalue weighted by Crippen LogP contribution is 2.17. The number of aliphatic hydroxyl groups excluding tert-OH is 1. The Morgan fingerprint density at radius 1 is 1.38 bits per heavy atom. The van der Waals surface area contributed by atoms with Gasteiger partial charge in [0.05, 0.1) is 5.69 Å². The number of likely N-dealkylation sites (tertiary alicyclic amines) is 1. The van der Waals surface area contributed by atoms with Crippen LogP contribution in [0.1, 0.15) is 5.69 Å². The Balaban J connectivity index is 1.71. The second-order valence-corrected chi connectivity index (χ2v) is 4.44. The summed E-state index contributed by atoms with van der Waals surface area (Å²) in [6.07, 6.45) is 4.08. The molecule has 16 heavy (non-hydrogen) atoms. The maximum Gasteiger partial charge on any atom is 0.137 e. The van der Waals surface area contributed by atoms with Crippen LogP contribution in [0, 0.1) is 5.92 Å². The zero-order valence-corrected chi connectivity index (χ0v) is 9.08. The van der Waals surface area contributed by atoms with Crippen molar-refractivity contribution in [2.45, 2.75) is 6.54 Å². The van der Waals surface area contributed by atoms with Crippen molar-refractivity contribution < 1.29 is 5.11 Å². The molecule has 0 amide bonds. The second kappa shape index (κ2) is 3.88. The minimum absolute atomic E-state index is 0.307. The molecule has 1 fully saturated rings. The highest BCUT2D eigenvalue weighted by molar-refractivity contribution is 5.39. The van der Waals surface area contributed by atoms with Crippen LogP contribution in [-0.2, 0) is 6.54 Å². The van der Waals surface area contributed by atoms with Crippen LogP contribution < -0.4 is 0 Å². The molecule has 1 saturated heterocycles. The molecule has 0 radical (unpaired) electrons. The van der Waals surface area contributed by atoms with Gasteiger partial charge in [-0.2, -0.15) is 0 Å². The summed E-state index contributed by atoms with van der Waals surface area (Å²) in [5.41, 5.74) is 2.10. The van der Waals surface area contributed by atoms with Gasteiger partial charge in [-0.3, -0.25) is 4.90 Å². The first-order chi connectivity index (χ1) is 7.85. The van der Waals surface area contributed by atoms with Crippen LogP contribution >= 0.6 is 0 Å². The molecular weight excluding hydrogens is 202 g/mol. The van der Waals surface area contributed by atoms with Crippen LogP contribution in [0.15, 0.2) is 30.6 Å². The quantitative estimate of drug-likeness (QED) is 0.825. The number of fused-ring (bicyclic) bond motifs is 1. The lowest BCUT2D eigenvalue weighted by molar-refractivity contribution is 0.0471. The summed E-state index contributed by atoms with van der Waals surface area (Å²) in [5.74, 6) is 0.469. The van der Waals surface area contributed by atoms with Crippen molar-refractivity contribution in [1.29, 1.82) is 0 Å². The highest BCUT2D eigenvalue weighted by atomic mass is 16.3. The third kappa shape index (κ3) is 1.70. The molecule has 4 heteroatoms. The molecule has 0 saturated carbocycles. The van der Waals surface area contributed by atoms with E-state index in [1.807, 2.05) is 28.8 Å². The zero-order valence-electron chi connectivity index (χ0n) is 9.08. The maximum atomic E-state index is 8.94. The van der Waals surface area contributed by atoms with Gasteiger partial charge in [0.25, 0.3) is 0 Å². The van der Waals surface area contributed by atoms with E-state index in [0.717, 1.165) is 31.0 Å². The fraction of sp³-hybridized carbons (Fsp3) is 0.417. The first-order valence-electron chi connectivity index (χ1n) is 5.61. The Morgan fingerprint density at radius 3 is 3.00 bits per heavy atom. The van der Waals surface area contributed by atoms with E-state index in [-0.39, 0.29) is 0 Å². The molecule has 0 unspecified atom stereocenters. The van der Waals surface area contributed by atoms with Gasteiger partial charge < -0.3 is 9.51 Å². The summed E-state index contributed by atoms with van der Waals surface area (Å²) in [6.45, 7) is 3.18. The summed E-state index contributed by atoms with van der Waals surface area (Å²) in [7, 11) is 0. The number of aromatic nitrogens is 2. The fourth-order valence-electron chi connectivity index (χ4n) is 2.21. The Bertz CT molecular complexity index is 455. The van der Waals surface area contributed by atoms with Crippen LogP contribution in [0.25, 0.3) is 5.65 Å². The summed E-state index contributed by atoms with van der Waals surface area (Å²) >= 11 is 0. The third-order valence-electron chi connectivity index (χ3n) is 3.09. The Morgan fingerprint density at radius 2 is 2.25 bits per heavy atom. The molecule has 1 N–H and O–H groups in total. The van der Waals surface area contributed by atoms with E-state index in [4.69, 9.17) is 5.11 Å². The first kappa shape index (κ1) is 9.81. The van der Waals surface area contributed by atoms with Crippen molar-refractivity contribution in [2.75, 3.05) is 19.7 Å². The van der Waals surface area contributed by atoms with Gasteiger partial charge in [0.2, 0.25) is 0 Å². The van der Waals surface area contributed by atoms with E-state index in [2.05, 4.69) is 16.1 Å². The molecule has 4 nitrogen and oxygen atoms in total. The topological polar surface area (TPSA) is 40.8 Å². The van der Waals surface area contributed by atoms with Gasteiger partial charge in [-0.05, 0) is 12.1 Å². The summed E-state index contributed by atoms with van der Waals surface area (Å²) < 4.78 is 2.04. The largest absolute Gasteiger partial charge is 0.396 e. The van der Waals surface area contributed by atoms with Crippen LogP contribution in [0.5, 0.6) is 0 Å². The number of pyridine rings is 1. The molecular formula is C12H15N3O. The average molecular weight is 217 g/mol. The van der Waals surface area contributed by atoms with Crippen molar-refractivity contribution >= 4 is 5.65 Å². The number of hydrogen-bond donors (Lipinski definition) is 1. The monoisotopic (exact) mass is 217 g/mol. The van der Waals surface area contributed by atoms with Crippen LogP contribution in [0.2, 0.25) is 0 Å². The molecule has 3 heterocycles. The van der Waals surface area contributed by atoms with E-state index < -0.39 is 0 Å². The normalized spacial score (nSPS) is 17.8. The van der Waals surface area contributed by atoms with Crippen LogP contribution in [-0.4, -0.2) is 39.1 Å². The molecule has 0 atom stereocenters. The lowest BCUT2D eigenvalue weighted by atomic mass is 10.0. The molecule has 0 bridgehead atoms. The van der Waals surface area contributed by atoms with Crippen molar-refractivity contribution in [3.63, 3.8) is 0 Å². The molecule has 1 aliphatic rings. The first-order valence-corrected chi connectivity index (χ1v) is 5.61. The van der Waals surface area contributed by atoms with E-state index in [0.29, 0.717) is 12.5 Å². The van der Waals surface area contributed by atoms with E-state index in [1.54, 1.807) is 0 Å². The lowest BCUT2D eigenvalue weighted by Crippen LogP contribution is -2.47. The molecule has 0 aromatic carbocycles. The zero-order chi connectivity index (χ0) is 11.0. The van der Waals surface area contributed by atoms with E-state index >= 15 is 0 Å². The summed E-state index contributed by atoms with van der Waals surface area (Å²) in [6, 6.07) is 6.01. The second-order valence-electron chi connectivity index (χ2n) is 4.44. The molecule has 1 aliphatic heterocycles. The Labute approximate surface area is 94.1 Å². The maximum absolute atomic E-state index is 8.94. The minimum atomic E-state index is 0.307. The summed E-state index contributed by atoms with van der Waals surface area (Å²) in [4.78, 5) is 6.85.